The van der Waals surface area contributed by atoms with E-state index in [9.17, 15) is 0 Å². The van der Waals surface area contributed by atoms with Crippen LogP contribution in [0.4, 0.5) is 0 Å². The molecule has 0 N–H and O–H groups in total. The van der Waals surface area contributed by atoms with Gasteiger partial charge in [0.15, 0.2) is 0 Å². The smallest absolute Gasteiger partial charge is 0.0343 e. The molecule has 3 rings (SSSR count). The van der Waals surface area contributed by atoms with E-state index in [1.54, 1.807) is 0 Å². The van der Waals surface area contributed by atoms with Crippen LogP contribution < -0.4 is 0 Å². The summed E-state index contributed by atoms with van der Waals surface area (Å²) in [6.45, 7) is 0. The van der Waals surface area contributed by atoms with Crippen molar-refractivity contribution in [3.05, 3.63) is 81.7 Å². The van der Waals surface area contributed by atoms with Crippen LogP contribution in [0, 0.1) is 0 Å². The summed E-state index contributed by atoms with van der Waals surface area (Å²) in [5, 5.41) is 0. The van der Waals surface area contributed by atoms with E-state index in [0.717, 1.165) is 8.95 Å². The molecule has 0 aliphatic rings. The van der Waals surface area contributed by atoms with Gasteiger partial charge in [-0.25, -0.2) is 0 Å². The molecule has 20 heavy (non-hydrogen) atoms. The first-order chi connectivity index (χ1) is 9.77. The van der Waals surface area contributed by atoms with Gasteiger partial charge in [0.1, 0.15) is 0 Å². The lowest BCUT2D eigenvalue weighted by atomic mass is 9.99. The van der Waals surface area contributed by atoms with Crippen molar-refractivity contribution in [1.29, 1.82) is 0 Å². The molecule has 0 saturated heterocycles. The maximum absolute atomic E-state index is 3.78. The van der Waals surface area contributed by atoms with Crippen LogP contribution in [0.2, 0.25) is 0 Å². The maximum Gasteiger partial charge on any atom is 0.0343 e. The number of hydrogen-bond donors (Lipinski definition) is 0. The molecular formula is C18H12Br2. The standard InChI is InChI=1S/C18H12Br2/c19-16-12-11-15(13-7-3-1-4-8-13)18(20)17(16)14-9-5-2-6-10-14/h1-12H. The monoisotopic (exact) mass is 386 g/mol. The largest absolute Gasteiger partial charge is 0.0622 e. The van der Waals surface area contributed by atoms with Gasteiger partial charge in [-0.1, -0.05) is 82.7 Å². The third-order valence-corrected chi connectivity index (χ3v) is 4.72. The van der Waals surface area contributed by atoms with Crippen LogP contribution in [0.25, 0.3) is 22.3 Å². The van der Waals surface area contributed by atoms with Gasteiger partial charge in [0.25, 0.3) is 0 Å². The molecule has 0 aliphatic heterocycles. The van der Waals surface area contributed by atoms with Crippen LogP contribution in [0.15, 0.2) is 81.7 Å². The SMILES string of the molecule is Brc1ccc(-c2ccccc2)c(Br)c1-c1ccccc1. The zero-order valence-electron chi connectivity index (χ0n) is 10.7. The molecular weight excluding hydrogens is 376 g/mol. The molecule has 0 bridgehead atoms. The minimum absolute atomic E-state index is 1.09. The van der Waals surface area contributed by atoms with E-state index in [0.29, 0.717) is 0 Å². The lowest BCUT2D eigenvalue weighted by Gasteiger charge is -2.13. The average molecular weight is 388 g/mol. The minimum atomic E-state index is 1.09. The maximum atomic E-state index is 3.78. The Morgan fingerprint density at radius 1 is 0.550 bits per heavy atom. The number of rotatable bonds is 2. The van der Waals surface area contributed by atoms with Crippen molar-refractivity contribution < 1.29 is 0 Å². The first-order valence-electron chi connectivity index (χ1n) is 6.36. The van der Waals surface area contributed by atoms with E-state index in [1.165, 1.54) is 22.3 Å². The summed E-state index contributed by atoms with van der Waals surface area (Å²) in [6, 6.07) is 25.1. The normalized spacial score (nSPS) is 10.5. The average Bonchev–Trinajstić information content (AvgIpc) is 2.49. The van der Waals surface area contributed by atoms with Gasteiger partial charge in [-0.05, 0) is 38.7 Å². The predicted octanol–water partition coefficient (Wildman–Crippen LogP) is 6.55. The van der Waals surface area contributed by atoms with Crippen LogP contribution >= 0.6 is 31.9 Å². The summed E-state index contributed by atoms with van der Waals surface area (Å²) < 4.78 is 2.21. The fraction of sp³-hybridized carbons (Fsp3) is 0. The van der Waals surface area contributed by atoms with E-state index in [-0.39, 0.29) is 0 Å². The molecule has 2 heteroatoms. The molecule has 3 aromatic carbocycles. The summed E-state index contributed by atoms with van der Waals surface area (Å²) in [5.74, 6) is 0. The van der Waals surface area contributed by atoms with Crippen molar-refractivity contribution in [2.45, 2.75) is 0 Å². The van der Waals surface area contributed by atoms with Gasteiger partial charge in [-0.15, -0.1) is 0 Å². The van der Waals surface area contributed by atoms with Gasteiger partial charge in [0, 0.05) is 14.5 Å². The number of benzene rings is 3. The van der Waals surface area contributed by atoms with Crippen molar-refractivity contribution in [3.8, 4) is 22.3 Å². The third-order valence-electron chi connectivity index (χ3n) is 3.24. The second-order valence-electron chi connectivity index (χ2n) is 4.52. The summed E-state index contributed by atoms with van der Waals surface area (Å²) in [6.07, 6.45) is 0. The fourth-order valence-electron chi connectivity index (χ4n) is 2.26. The van der Waals surface area contributed by atoms with Gasteiger partial charge in [0.2, 0.25) is 0 Å². The molecule has 0 unspecified atom stereocenters. The Bertz CT molecular complexity index is 719. The molecule has 0 aromatic heterocycles. The molecule has 3 aromatic rings. The van der Waals surface area contributed by atoms with Crippen molar-refractivity contribution in [3.63, 3.8) is 0 Å². The zero-order chi connectivity index (χ0) is 13.9. The first kappa shape index (κ1) is 13.6. The van der Waals surface area contributed by atoms with Crippen LogP contribution in [-0.2, 0) is 0 Å². The van der Waals surface area contributed by atoms with Crippen LogP contribution in [-0.4, -0.2) is 0 Å². The van der Waals surface area contributed by atoms with Gasteiger partial charge < -0.3 is 0 Å². The quantitative estimate of drug-likeness (QED) is 0.467. The van der Waals surface area contributed by atoms with Gasteiger partial charge in [0.05, 0.1) is 0 Å². The molecule has 0 nitrogen and oxygen atoms in total. The Morgan fingerprint density at radius 2 is 1.10 bits per heavy atom. The van der Waals surface area contributed by atoms with Gasteiger partial charge >= 0.3 is 0 Å². The molecule has 0 heterocycles. The molecule has 0 atom stereocenters. The van der Waals surface area contributed by atoms with Crippen LogP contribution in [0.5, 0.6) is 0 Å². The summed E-state index contributed by atoms with van der Waals surface area (Å²) in [5.41, 5.74) is 4.80. The van der Waals surface area contributed by atoms with Gasteiger partial charge in [-0.2, -0.15) is 0 Å². The van der Waals surface area contributed by atoms with Crippen molar-refractivity contribution >= 4 is 31.9 Å². The lowest BCUT2D eigenvalue weighted by molar-refractivity contribution is 1.53. The Morgan fingerprint density at radius 3 is 1.70 bits per heavy atom. The topological polar surface area (TPSA) is 0 Å². The Kier molecular flexibility index (Phi) is 4.04. The molecule has 0 aliphatic carbocycles. The molecule has 0 spiro atoms. The fourth-order valence-corrected chi connectivity index (χ4v) is 3.89. The van der Waals surface area contributed by atoms with Gasteiger partial charge in [-0.3, -0.25) is 0 Å². The predicted molar refractivity (Wildman–Crippen MR) is 92.7 cm³/mol. The minimum Gasteiger partial charge on any atom is -0.0622 e. The number of hydrogen-bond acceptors (Lipinski definition) is 0. The lowest BCUT2D eigenvalue weighted by Crippen LogP contribution is -1.87. The Balaban J connectivity index is 2.22. The summed E-state index contributed by atoms with van der Waals surface area (Å²) in [7, 11) is 0. The number of halogens is 2. The van der Waals surface area contributed by atoms with Crippen LogP contribution in [0.3, 0.4) is 0 Å². The molecule has 0 saturated carbocycles. The van der Waals surface area contributed by atoms with Crippen molar-refractivity contribution in [1.82, 2.24) is 0 Å². The second kappa shape index (κ2) is 5.94. The third kappa shape index (κ3) is 2.58. The van der Waals surface area contributed by atoms with Crippen LogP contribution in [0.1, 0.15) is 0 Å². The van der Waals surface area contributed by atoms with Crippen molar-refractivity contribution in [2.24, 2.45) is 0 Å². The molecule has 0 radical (unpaired) electrons. The Labute approximate surface area is 135 Å². The van der Waals surface area contributed by atoms with Crippen molar-refractivity contribution in [2.75, 3.05) is 0 Å². The highest BCUT2D eigenvalue weighted by Gasteiger charge is 2.12. The second-order valence-corrected chi connectivity index (χ2v) is 6.16. The highest BCUT2D eigenvalue weighted by atomic mass is 79.9. The highest BCUT2D eigenvalue weighted by molar-refractivity contribution is 9.11. The van der Waals surface area contributed by atoms with E-state index in [2.05, 4.69) is 92.5 Å². The van der Waals surface area contributed by atoms with E-state index < -0.39 is 0 Å². The summed E-state index contributed by atoms with van der Waals surface area (Å²) in [4.78, 5) is 0. The zero-order valence-corrected chi connectivity index (χ0v) is 13.9. The van der Waals surface area contributed by atoms with E-state index >= 15 is 0 Å². The summed E-state index contributed by atoms with van der Waals surface area (Å²) >= 11 is 7.44. The Hall–Kier alpha value is -1.38. The van der Waals surface area contributed by atoms with E-state index in [4.69, 9.17) is 0 Å². The van der Waals surface area contributed by atoms with E-state index in [1.807, 2.05) is 12.1 Å². The first-order valence-corrected chi connectivity index (χ1v) is 7.95. The molecule has 98 valence electrons. The highest BCUT2D eigenvalue weighted by Crippen LogP contribution is 2.41. The molecule has 0 fully saturated rings. The molecule has 0 amide bonds.